The fourth-order valence-corrected chi connectivity index (χ4v) is 5.49. The summed E-state index contributed by atoms with van der Waals surface area (Å²) in [6, 6.07) is 20.1. The quantitative estimate of drug-likeness (QED) is 0.309. The topological polar surface area (TPSA) is 88.9 Å². The normalized spacial score (nSPS) is 16.8. The van der Waals surface area contributed by atoms with Gasteiger partial charge in [0.1, 0.15) is 11.5 Å². The highest BCUT2D eigenvalue weighted by Gasteiger charge is 2.43. The number of nitrogens with zero attached hydrogens (tertiary/aromatic N) is 3. The van der Waals surface area contributed by atoms with Crippen molar-refractivity contribution in [1.82, 2.24) is 14.9 Å². The first-order valence-corrected chi connectivity index (χ1v) is 12.5. The van der Waals surface area contributed by atoms with E-state index < -0.39 is 5.97 Å². The van der Waals surface area contributed by atoms with Crippen molar-refractivity contribution in [2.45, 2.75) is 25.9 Å². The van der Waals surface area contributed by atoms with Crippen molar-refractivity contribution < 1.29 is 19.4 Å². The Balaban J connectivity index is 1.67. The van der Waals surface area contributed by atoms with Crippen molar-refractivity contribution in [2.24, 2.45) is 0 Å². The summed E-state index contributed by atoms with van der Waals surface area (Å²) in [4.78, 5) is 18.1. The molecule has 0 radical (unpaired) electrons. The number of aromatic nitrogens is 2. The van der Waals surface area contributed by atoms with E-state index in [1.165, 1.54) is 0 Å². The number of hydrogen-bond donors (Lipinski definition) is 2. The zero-order valence-electron chi connectivity index (χ0n) is 21.5. The van der Waals surface area contributed by atoms with Crippen LogP contribution in [0.2, 0.25) is 0 Å². The van der Waals surface area contributed by atoms with Gasteiger partial charge in [0.25, 0.3) is 0 Å². The first-order chi connectivity index (χ1) is 18.3. The third-order valence-corrected chi connectivity index (χ3v) is 7.22. The van der Waals surface area contributed by atoms with E-state index in [9.17, 15) is 9.90 Å². The van der Waals surface area contributed by atoms with E-state index in [0.717, 1.165) is 34.0 Å². The number of hydrogen-bond acceptors (Lipinski definition) is 5. The van der Waals surface area contributed by atoms with Gasteiger partial charge in [0.2, 0.25) is 0 Å². The molecule has 1 aliphatic rings. The predicted octanol–water partition coefficient (Wildman–Crippen LogP) is 5.38. The number of carboxylic acids is 1. The van der Waals surface area contributed by atoms with Crippen LogP contribution in [-0.4, -0.2) is 40.0 Å². The molecule has 8 nitrogen and oxygen atoms in total. The molecule has 1 aliphatic heterocycles. The molecule has 2 aromatic carbocycles. The van der Waals surface area contributed by atoms with Crippen LogP contribution in [0.5, 0.6) is 11.5 Å². The highest BCUT2D eigenvalue weighted by Crippen LogP contribution is 2.46. The molecule has 4 aromatic rings. The molecule has 0 spiro atoms. The van der Waals surface area contributed by atoms with E-state index in [2.05, 4.69) is 32.8 Å². The van der Waals surface area contributed by atoms with Gasteiger partial charge in [-0.3, -0.25) is 4.98 Å². The van der Waals surface area contributed by atoms with Crippen molar-refractivity contribution in [1.29, 1.82) is 0 Å². The van der Waals surface area contributed by atoms with Crippen molar-refractivity contribution >= 4 is 29.0 Å². The van der Waals surface area contributed by atoms with Gasteiger partial charge in [0.15, 0.2) is 5.11 Å². The van der Waals surface area contributed by atoms with Gasteiger partial charge >= 0.3 is 5.97 Å². The maximum absolute atomic E-state index is 11.4. The van der Waals surface area contributed by atoms with E-state index in [-0.39, 0.29) is 17.6 Å². The van der Waals surface area contributed by atoms with Crippen LogP contribution in [0.4, 0.5) is 5.69 Å². The molecule has 38 heavy (non-hydrogen) atoms. The standard InChI is InChI=1S/C29H28N4O4S/c1-17-15-22(18(2)32(17)20-10-8-19(9-11-20)28(34)35)27-26(23-7-5-6-14-30-23)31-29(38)33(27)24-13-12-21(36-3)16-25(24)37-4/h5-16,26-27H,1-4H3,(H,31,38)(H,34,35). The highest BCUT2D eigenvalue weighted by atomic mass is 32.1. The summed E-state index contributed by atoms with van der Waals surface area (Å²) in [7, 11) is 3.25. The van der Waals surface area contributed by atoms with E-state index in [1.54, 1.807) is 32.5 Å². The summed E-state index contributed by atoms with van der Waals surface area (Å²) >= 11 is 5.90. The number of pyridine rings is 1. The number of thiocarbonyl (C=S) groups is 1. The molecule has 9 heteroatoms. The van der Waals surface area contributed by atoms with Crippen LogP contribution in [-0.2, 0) is 0 Å². The lowest BCUT2D eigenvalue weighted by atomic mass is 9.96. The Morgan fingerprint density at radius 2 is 1.79 bits per heavy atom. The molecule has 1 saturated heterocycles. The van der Waals surface area contributed by atoms with Gasteiger partial charge in [-0.2, -0.15) is 0 Å². The van der Waals surface area contributed by atoms with Crippen LogP contribution in [0.25, 0.3) is 5.69 Å². The van der Waals surface area contributed by atoms with Crippen molar-refractivity contribution in [3.8, 4) is 17.2 Å². The smallest absolute Gasteiger partial charge is 0.335 e. The molecule has 2 unspecified atom stereocenters. The number of methoxy groups -OCH3 is 2. The average molecular weight is 529 g/mol. The maximum atomic E-state index is 11.4. The zero-order valence-corrected chi connectivity index (χ0v) is 22.3. The number of carboxylic acid groups (broad SMARTS) is 1. The molecule has 0 saturated carbocycles. The van der Waals surface area contributed by atoms with E-state index >= 15 is 0 Å². The van der Waals surface area contributed by atoms with Gasteiger partial charge in [-0.25, -0.2) is 4.79 Å². The SMILES string of the molecule is COc1ccc(N2C(=S)NC(c3ccccn3)C2c2cc(C)n(-c3ccc(C(=O)O)cc3)c2C)c(OC)c1. The Labute approximate surface area is 226 Å². The van der Waals surface area contributed by atoms with Crippen LogP contribution in [0, 0.1) is 13.8 Å². The Bertz CT molecular complexity index is 1500. The number of carbonyl (C=O) groups is 1. The fourth-order valence-electron chi connectivity index (χ4n) is 5.15. The summed E-state index contributed by atoms with van der Waals surface area (Å²) in [5, 5.41) is 13.4. The Morgan fingerprint density at radius 3 is 2.42 bits per heavy atom. The number of rotatable bonds is 7. The summed E-state index contributed by atoms with van der Waals surface area (Å²) in [5.41, 5.74) is 5.89. The Kier molecular flexibility index (Phi) is 6.77. The summed E-state index contributed by atoms with van der Waals surface area (Å²) < 4.78 is 13.3. The second-order valence-corrected chi connectivity index (χ2v) is 9.43. The molecule has 194 valence electrons. The van der Waals surface area contributed by atoms with Crippen molar-refractivity contribution in [3.05, 3.63) is 101 Å². The number of anilines is 1. The molecule has 2 atom stereocenters. The summed E-state index contributed by atoms with van der Waals surface area (Å²) in [6.45, 7) is 4.10. The molecule has 5 rings (SSSR count). The van der Waals surface area contributed by atoms with Crippen molar-refractivity contribution in [3.63, 3.8) is 0 Å². The average Bonchev–Trinajstić information content (AvgIpc) is 3.43. The van der Waals surface area contributed by atoms with Crippen LogP contribution >= 0.6 is 12.2 Å². The third kappa shape index (κ3) is 4.35. The molecule has 3 heterocycles. The molecule has 1 fully saturated rings. The Morgan fingerprint density at radius 1 is 1.03 bits per heavy atom. The molecule has 2 N–H and O–H groups in total. The van der Waals surface area contributed by atoms with Gasteiger partial charge in [-0.05, 0) is 86.2 Å². The number of benzene rings is 2. The van der Waals surface area contributed by atoms with Gasteiger partial charge in [0.05, 0.1) is 43.2 Å². The summed E-state index contributed by atoms with van der Waals surface area (Å²) in [6.07, 6.45) is 1.78. The number of nitrogens with one attached hydrogen (secondary N) is 1. The van der Waals surface area contributed by atoms with Crippen LogP contribution in [0.3, 0.4) is 0 Å². The molecule has 0 aliphatic carbocycles. The van der Waals surface area contributed by atoms with E-state index in [0.29, 0.717) is 16.6 Å². The van der Waals surface area contributed by atoms with Gasteiger partial charge in [-0.1, -0.05) is 6.07 Å². The number of aromatic carboxylic acids is 1. The minimum absolute atomic E-state index is 0.223. The monoisotopic (exact) mass is 528 g/mol. The largest absolute Gasteiger partial charge is 0.497 e. The minimum atomic E-state index is -0.953. The summed E-state index contributed by atoms with van der Waals surface area (Å²) in [5.74, 6) is 0.369. The van der Waals surface area contributed by atoms with Crippen LogP contribution in [0.1, 0.15) is 45.1 Å². The van der Waals surface area contributed by atoms with E-state index in [1.807, 2.05) is 55.5 Å². The molecule has 0 amide bonds. The molecule has 0 bridgehead atoms. The first kappa shape index (κ1) is 25.3. The first-order valence-electron chi connectivity index (χ1n) is 12.1. The zero-order chi connectivity index (χ0) is 27.0. The maximum Gasteiger partial charge on any atom is 0.335 e. The fraction of sp³-hybridized carbons (Fsp3) is 0.207. The molecular weight excluding hydrogens is 500 g/mol. The van der Waals surface area contributed by atoms with Gasteiger partial charge in [-0.15, -0.1) is 0 Å². The Hall–Kier alpha value is -4.37. The van der Waals surface area contributed by atoms with E-state index in [4.69, 9.17) is 21.7 Å². The molecular formula is C29H28N4O4S. The number of ether oxygens (including phenoxy) is 2. The lowest BCUT2D eigenvalue weighted by molar-refractivity contribution is 0.0697. The van der Waals surface area contributed by atoms with Crippen molar-refractivity contribution in [2.75, 3.05) is 19.1 Å². The number of aryl methyl sites for hydroxylation is 1. The molecule has 2 aromatic heterocycles. The van der Waals surface area contributed by atoms with Crippen LogP contribution in [0.15, 0.2) is 72.9 Å². The van der Waals surface area contributed by atoms with Gasteiger partial charge in [0, 0.05) is 29.3 Å². The third-order valence-electron chi connectivity index (χ3n) is 6.91. The predicted molar refractivity (Wildman–Crippen MR) is 150 cm³/mol. The van der Waals surface area contributed by atoms with Crippen LogP contribution < -0.4 is 19.7 Å². The lowest BCUT2D eigenvalue weighted by Crippen LogP contribution is -2.30. The second-order valence-electron chi connectivity index (χ2n) is 9.05. The minimum Gasteiger partial charge on any atom is -0.497 e. The highest BCUT2D eigenvalue weighted by molar-refractivity contribution is 7.80. The van der Waals surface area contributed by atoms with Gasteiger partial charge < -0.3 is 29.4 Å². The second kappa shape index (κ2) is 10.2. The lowest BCUT2D eigenvalue weighted by Gasteiger charge is -2.29.